The quantitative estimate of drug-likeness (QED) is 0.687. The molecule has 32 heavy (non-hydrogen) atoms. The summed E-state index contributed by atoms with van der Waals surface area (Å²) in [6.07, 6.45) is -2.21. The zero-order chi connectivity index (χ0) is 23.7. The second-order valence-corrected chi connectivity index (χ2v) is 9.35. The summed E-state index contributed by atoms with van der Waals surface area (Å²) in [4.78, 5) is 29.4. The van der Waals surface area contributed by atoms with E-state index in [9.17, 15) is 22.8 Å². The van der Waals surface area contributed by atoms with Gasteiger partial charge in [-0.25, -0.2) is 4.79 Å². The Balaban J connectivity index is 1.65. The number of piperidine rings is 1. The summed E-state index contributed by atoms with van der Waals surface area (Å²) in [7, 11) is 0. The number of carbonyl (C=O) groups excluding carboxylic acids is 2. The molecule has 1 spiro atoms. The standard InChI is InChI=1S/C23H33F3N4O2/c1-5-16(4)14-30-20(31)19(15(2)3)28-22(30)10-12-29(13-11-22)21(32)27-18-8-6-17(7-9-18)23(24,25)26/h6-9,15-16,19,28H,5,10-14H2,1-4H3,(H,27,32)/t16-,19-/m1/s1. The molecule has 0 aliphatic carbocycles. The lowest BCUT2D eigenvalue weighted by molar-refractivity contribution is -0.137. The molecular weight excluding hydrogens is 421 g/mol. The maximum Gasteiger partial charge on any atom is 0.416 e. The molecule has 9 heteroatoms. The molecule has 0 bridgehead atoms. The topological polar surface area (TPSA) is 64.7 Å². The Morgan fingerprint density at radius 3 is 2.28 bits per heavy atom. The number of halogens is 3. The molecule has 1 aromatic rings. The molecule has 178 valence electrons. The molecule has 0 unspecified atom stereocenters. The van der Waals surface area contributed by atoms with Gasteiger partial charge in [0.25, 0.3) is 0 Å². The van der Waals surface area contributed by atoms with Gasteiger partial charge in [0, 0.05) is 38.2 Å². The summed E-state index contributed by atoms with van der Waals surface area (Å²) in [6.45, 7) is 9.90. The Morgan fingerprint density at radius 2 is 1.78 bits per heavy atom. The highest BCUT2D eigenvalue weighted by Crippen LogP contribution is 2.35. The Labute approximate surface area is 187 Å². The average Bonchev–Trinajstić information content (AvgIpc) is 3.00. The normalized spacial score (nSPS) is 22.0. The first-order valence-corrected chi connectivity index (χ1v) is 11.3. The van der Waals surface area contributed by atoms with Gasteiger partial charge in [-0.2, -0.15) is 13.2 Å². The third kappa shape index (κ3) is 5.03. The Hall–Kier alpha value is -2.29. The van der Waals surface area contributed by atoms with E-state index in [1.807, 2.05) is 18.7 Å². The summed E-state index contributed by atoms with van der Waals surface area (Å²) in [6, 6.07) is 3.83. The number of carbonyl (C=O) groups is 2. The number of likely N-dealkylation sites (tertiary alicyclic amines) is 1. The van der Waals surface area contributed by atoms with Gasteiger partial charge < -0.3 is 15.1 Å². The summed E-state index contributed by atoms with van der Waals surface area (Å²) in [5, 5.41) is 6.25. The van der Waals surface area contributed by atoms with Gasteiger partial charge in [-0.15, -0.1) is 0 Å². The molecule has 0 saturated carbocycles. The molecule has 3 rings (SSSR count). The highest BCUT2D eigenvalue weighted by atomic mass is 19.4. The van der Waals surface area contributed by atoms with Gasteiger partial charge in [-0.05, 0) is 36.1 Å². The smallest absolute Gasteiger partial charge is 0.324 e. The molecule has 2 N–H and O–H groups in total. The molecule has 6 nitrogen and oxygen atoms in total. The minimum atomic E-state index is -4.41. The van der Waals surface area contributed by atoms with Crippen molar-refractivity contribution in [2.75, 3.05) is 25.0 Å². The Bertz CT molecular complexity index is 818. The Kier molecular flexibility index (Phi) is 7.07. The lowest BCUT2D eigenvalue weighted by atomic mass is 9.94. The first kappa shape index (κ1) is 24.4. The monoisotopic (exact) mass is 454 g/mol. The second-order valence-electron chi connectivity index (χ2n) is 9.35. The number of hydrogen-bond acceptors (Lipinski definition) is 3. The number of anilines is 1. The molecule has 3 amide bonds. The van der Waals surface area contributed by atoms with Crippen LogP contribution in [0, 0.1) is 11.8 Å². The lowest BCUT2D eigenvalue weighted by Gasteiger charge is -2.45. The van der Waals surface area contributed by atoms with Crippen molar-refractivity contribution in [1.29, 1.82) is 0 Å². The van der Waals surface area contributed by atoms with E-state index in [4.69, 9.17) is 0 Å². The van der Waals surface area contributed by atoms with Gasteiger partial charge in [-0.3, -0.25) is 10.1 Å². The van der Waals surface area contributed by atoms with Gasteiger partial charge >= 0.3 is 12.2 Å². The number of hydrogen-bond donors (Lipinski definition) is 2. The van der Waals surface area contributed by atoms with Crippen LogP contribution in [-0.2, 0) is 11.0 Å². The minimum absolute atomic E-state index is 0.128. The van der Waals surface area contributed by atoms with Gasteiger partial charge in [0.2, 0.25) is 5.91 Å². The number of urea groups is 1. The van der Waals surface area contributed by atoms with Crippen molar-refractivity contribution in [3.8, 4) is 0 Å². The van der Waals surface area contributed by atoms with E-state index >= 15 is 0 Å². The maximum absolute atomic E-state index is 13.1. The van der Waals surface area contributed by atoms with Crippen molar-refractivity contribution in [1.82, 2.24) is 15.1 Å². The van der Waals surface area contributed by atoms with Crippen LogP contribution in [0.5, 0.6) is 0 Å². The number of amides is 3. The summed E-state index contributed by atoms with van der Waals surface area (Å²) in [5.74, 6) is 0.676. The van der Waals surface area contributed by atoms with Crippen LogP contribution >= 0.6 is 0 Å². The fourth-order valence-electron chi connectivity index (χ4n) is 4.40. The van der Waals surface area contributed by atoms with E-state index in [2.05, 4.69) is 24.5 Å². The molecule has 2 saturated heterocycles. The van der Waals surface area contributed by atoms with Crippen LogP contribution in [0.2, 0.25) is 0 Å². The van der Waals surface area contributed by atoms with E-state index in [1.165, 1.54) is 12.1 Å². The van der Waals surface area contributed by atoms with Crippen LogP contribution in [0.3, 0.4) is 0 Å². The van der Waals surface area contributed by atoms with E-state index in [-0.39, 0.29) is 23.9 Å². The maximum atomic E-state index is 13.1. The van der Waals surface area contributed by atoms with Crippen LogP contribution in [0.4, 0.5) is 23.7 Å². The third-order valence-corrected chi connectivity index (χ3v) is 6.67. The molecule has 2 fully saturated rings. The van der Waals surface area contributed by atoms with E-state index in [1.54, 1.807) is 4.90 Å². The summed E-state index contributed by atoms with van der Waals surface area (Å²) >= 11 is 0. The first-order chi connectivity index (χ1) is 15.0. The fourth-order valence-corrected chi connectivity index (χ4v) is 4.40. The second kappa shape index (κ2) is 9.29. The predicted octanol–water partition coefficient (Wildman–Crippen LogP) is 4.53. The zero-order valence-electron chi connectivity index (χ0n) is 19.1. The third-order valence-electron chi connectivity index (χ3n) is 6.67. The number of benzene rings is 1. The van der Waals surface area contributed by atoms with Gasteiger partial charge in [0.05, 0.1) is 17.3 Å². The number of nitrogens with one attached hydrogen (secondary N) is 2. The minimum Gasteiger partial charge on any atom is -0.324 e. The molecular formula is C23H33F3N4O2. The highest BCUT2D eigenvalue weighted by Gasteiger charge is 2.52. The van der Waals surface area contributed by atoms with Gasteiger partial charge in [-0.1, -0.05) is 34.1 Å². The van der Waals surface area contributed by atoms with Crippen molar-refractivity contribution >= 4 is 17.6 Å². The number of nitrogens with zero attached hydrogens (tertiary/aromatic N) is 2. The largest absolute Gasteiger partial charge is 0.416 e. The van der Waals surface area contributed by atoms with Crippen molar-refractivity contribution in [2.24, 2.45) is 11.8 Å². The molecule has 0 aromatic heterocycles. The van der Waals surface area contributed by atoms with Crippen LogP contribution < -0.4 is 10.6 Å². The SMILES string of the molecule is CC[C@@H](C)CN1C(=O)[C@@H](C(C)C)NC12CCN(C(=O)Nc1ccc(C(F)(F)F)cc1)CC2. The van der Waals surface area contributed by atoms with Crippen molar-refractivity contribution in [3.05, 3.63) is 29.8 Å². The van der Waals surface area contributed by atoms with Crippen molar-refractivity contribution < 1.29 is 22.8 Å². The molecule has 1 aromatic carbocycles. The molecule has 0 radical (unpaired) electrons. The van der Waals surface area contributed by atoms with Crippen LogP contribution in [-0.4, -0.2) is 53.1 Å². The van der Waals surface area contributed by atoms with E-state index in [0.29, 0.717) is 44.1 Å². The lowest BCUT2D eigenvalue weighted by Crippen LogP contribution is -2.60. The number of rotatable bonds is 5. The van der Waals surface area contributed by atoms with Crippen LogP contribution in [0.1, 0.15) is 52.5 Å². The highest BCUT2D eigenvalue weighted by molar-refractivity contribution is 5.89. The molecule has 2 atom stereocenters. The molecule has 2 aliphatic rings. The van der Waals surface area contributed by atoms with E-state index < -0.39 is 17.4 Å². The van der Waals surface area contributed by atoms with E-state index in [0.717, 1.165) is 18.6 Å². The van der Waals surface area contributed by atoms with Crippen LogP contribution in [0.15, 0.2) is 24.3 Å². The van der Waals surface area contributed by atoms with Crippen molar-refractivity contribution in [3.63, 3.8) is 0 Å². The fraction of sp³-hybridized carbons (Fsp3) is 0.652. The van der Waals surface area contributed by atoms with Crippen LogP contribution in [0.25, 0.3) is 0 Å². The molecule has 2 heterocycles. The van der Waals surface area contributed by atoms with Gasteiger partial charge in [0.1, 0.15) is 0 Å². The number of alkyl halides is 3. The zero-order valence-corrected chi connectivity index (χ0v) is 19.1. The first-order valence-electron chi connectivity index (χ1n) is 11.3. The Morgan fingerprint density at radius 1 is 1.19 bits per heavy atom. The summed E-state index contributed by atoms with van der Waals surface area (Å²) in [5.41, 5.74) is -0.898. The summed E-state index contributed by atoms with van der Waals surface area (Å²) < 4.78 is 38.2. The van der Waals surface area contributed by atoms with Crippen molar-refractivity contribution in [2.45, 2.75) is 64.8 Å². The predicted molar refractivity (Wildman–Crippen MR) is 117 cm³/mol. The molecule has 2 aliphatic heterocycles. The van der Waals surface area contributed by atoms with Gasteiger partial charge in [0.15, 0.2) is 0 Å². The average molecular weight is 455 g/mol.